The summed E-state index contributed by atoms with van der Waals surface area (Å²) in [6.45, 7) is 1.86. The molecule has 134 valence electrons. The zero-order valence-electron chi connectivity index (χ0n) is 12.6. The van der Waals surface area contributed by atoms with Gasteiger partial charge in [-0.05, 0) is 43.7 Å². The first kappa shape index (κ1) is 18.6. The van der Waals surface area contributed by atoms with Gasteiger partial charge in [-0.1, -0.05) is 0 Å². The van der Waals surface area contributed by atoms with Crippen molar-refractivity contribution in [2.75, 3.05) is 13.1 Å². The summed E-state index contributed by atoms with van der Waals surface area (Å²) in [5, 5.41) is 8.96. The first-order chi connectivity index (χ1) is 10.9. The fourth-order valence-corrected chi connectivity index (χ4v) is 2.77. The molecule has 0 amide bonds. The molecule has 0 radical (unpaired) electrons. The van der Waals surface area contributed by atoms with Gasteiger partial charge in [0.25, 0.3) is 0 Å². The lowest BCUT2D eigenvalue weighted by Gasteiger charge is -2.26. The van der Waals surface area contributed by atoms with E-state index in [1.807, 2.05) is 0 Å². The van der Waals surface area contributed by atoms with E-state index in [1.54, 1.807) is 4.90 Å². The van der Waals surface area contributed by atoms with Crippen molar-refractivity contribution in [1.29, 1.82) is 0 Å². The van der Waals surface area contributed by atoms with Crippen molar-refractivity contribution in [1.82, 2.24) is 4.90 Å². The number of carboxylic acids is 1. The van der Waals surface area contributed by atoms with Crippen LogP contribution >= 0.6 is 0 Å². The van der Waals surface area contributed by atoms with E-state index in [0.29, 0.717) is 25.1 Å². The smallest absolute Gasteiger partial charge is 0.416 e. The normalized spacial score (nSPS) is 21.0. The fraction of sp³-hybridized carbons (Fsp3) is 0.533. The van der Waals surface area contributed by atoms with Crippen molar-refractivity contribution in [3.63, 3.8) is 0 Å². The number of hydrogen-bond donors (Lipinski definition) is 1. The topological polar surface area (TPSA) is 40.5 Å². The quantitative estimate of drug-likeness (QED) is 0.827. The Balaban J connectivity index is 2.37. The molecule has 1 aromatic rings. The van der Waals surface area contributed by atoms with Crippen LogP contribution < -0.4 is 0 Å². The Morgan fingerprint density at radius 1 is 1.12 bits per heavy atom. The van der Waals surface area contributed by atoms with Gasteiger partial charge < -0.3 is 5.11 Å². The molecule has 1 fully saturated rings. The van der Waals surface area contributed by atoms with Gasteiger partial charge in [0.15, 0.2) is 0 Å². The standard InChI is InChI=1S/C15H15F6NO2/c1-8(22-3-2-9(7-22)13(23)24)10-4-11(14(16,17)18)6-12(5-10)15(19,20)21/h4-6,8-9H,2-3,7H2,1H3,(H,23,24)/t8-,9+/m0/s1. The van der Waals surface area contributed by atoms with Gasteiger partial charge >= 0.3 is 18.3 Å². The second-order valence-corrected chi connectivity index (χ2v) is 5.83. The highest BCUT2D eigenvalue weighted by molar-refractivity contribution is 5.70. The van der Waals surface area contributed by atoms with Crippen molar-refractivity contribution in [2.45, 2.75) is 31.7 Å². The molecule has 1 aliphatic heterocycles. The van der Waals surface area contributed by atoms with E-state index < -0.39 is 41.4 Å². The third-order valence-corrected chi connectivity index (χ3v) is 4.21. The Hall–Kier alpha value is -1.77. The van der Waals surface area contributed by atoms with Gasteiger partial charge in [-0.15, -0.1) is 0 Å². The Kier molecular flexibility index (Phi) is 4.85. The number of alkyl halides is 6. The predicted octanol–water partition coefficient (Wildman–Crippen LogP) is 4.19. The summed E-state index contributed by atoms with van der Waals surface area (Å²) in [6, 6.07) is 0.708. The number of carboxylic acid groups (broad SMARTS) is 1. The third-order valence-electron chi connectivity index (χ3n) is 4.21. The number of benzene rings is 1. The van der Waals surface area contributed by atoms with Crippen LogP contribution in [0.4, 0.5) is 26.3 Å². The fourth-order valence-electron chi connectivity index (χ4n) is 2.77. The van der Waals surface area contributed by atoms with Crippen LogP contribution in [0.25, 0.3) is 0 Å². The second kappa shape index (κ2) is 6.27. The number of halogens is 6. The molecule has 2 atom stereocenters. The van der Waals surface area contributed by atoms with E-state index in [4.69, 9.17) is 5.11 Å². The lowest BCUT2D eigenvalue weighted by molar-refractivity contribution is -0.143. The zero-order chi connectivity index (χ0) is 18.3. The van der Waals surface area contributed by atoms with E-state index in [2.05, 4.69) is 0 Å². The molecule has 1 saturated heterocycles. The monoisotopic (exact) mass is 355 g/mol. The summed E-state index contributed by atoms with van der Waals surface area (Å²) >= 11 is 0. The molecule has 2 rings (SSSR count). The number of hydrogen-bond acceptors (Lipinski definition) is 2. The molecule has 1 aliphatic rings. The number of aliphatic carboxylic acids is 1. The summed E-state index contributed by atoms with van der Waals surface area (Å²) in [4.78, 5) is 12.5. The van der Waals surface area contributed by atoms with Crippen molar-refractivity contribution in [3.8, 4) is 0 Å². The molecule has 0 bridgehead atoms. The molecular formula is C15H15F6NO2. The average molecular weight is 355 g/mol. The zero-order valence-corrected chi connectivity index (χ0v) is 12.6. The van der Waals surface area contributed by atoms with E-state index in [0.717, 1.165) is 0 Å². The van der Waals surface area contributed by atoms with Gasteiger partial charge in [0.2, 0.25) is 0 Å². The van der Waals surface area contributed by atoms with Crippen LogP contribution in [0.15, 0.2) is 18.2 Å². The lowest BCUT2D eigenvalue weighted by atomic mass is 9.99. The molecule has 1 N–H and O–H groups in total. The first-order valence-corrected chi connectivity index (χ1v) is 7.16. The van der Waals surface area contributed by atoms with Crippen molar-refractivity contribution >= 4 is 5.97 Å². The third kappa shape index (κ3) is 4.00. The van der Waals surface area contributed by atoms with Gasteiger partial charge in [-0.25, -0.2) is 0 Å². The van der Waals surface area contributed by atoms with Crippen molar-refractivity contribution < 1.29 is 36.2 Å². The van der Waals surface area contributed by atoms with E-state index in [-0.39, 0.29) is 18.2 Å². The molecule has 24 heavy (non-hydrogen) atoms. The minimum atomic E-state index is -4.90. The Morgan fingerprint density at radius 3 is 2.00 bits per heavy atom. The van der Waals surface area contributed by atoms with Gasteiger partial charge in [0.05, 0.1) is 17.0 Å². The maximum atomic E-state index is 12.9. The van der Waals surface area contributed by atoms with Crippen molar-refractivity contribution in [3.05, 3.63) is 34.9 Å². The van der Waals surface area contributed by atoms with Crippen LogP contribution in [0.1, 0.15) is 36.1 Å². The molecule has 1 aromatic carbocycles. The molecule has 0 saturated carbocycles. The predicted molar refractivity (Wildman–Crippen MR) is 72.2 cm³/mol. The number of carbonyl (C=O) groups is 1. The minimum absolute atomic E-state index is 0.0836. The average Bonchev–Trinajstić information content (AvgIpc) is 2.94. The molecule has 0 unspecified atom stereocenters. The van der Waals surface area contributed by atoms with Crippen LogP contribution in [0.3, 0.4) is 0 Å². The first-order valence-electron chi connectivity index (χ1n) is 7.16. The summed E-state index contributed by atoms with van der Waals surface area (Å²) in [5.41, 5.74) is -2.87. The van der Waals surface area contributed by atoms with Crippen LogP contribution in [-0.2, 0) is 17.1 Å². The molecule has 3 nitrogen and oxygen atoms in total. The number of likely N-dealkylation sites (tertiary alicyclic amines) is 1. The number of nitrogens with zero attached hydrogens (tertiary/aromatic N) is 1. The summed E-state index contributed by atoms with van der Waals surface area (Å²) in [6.07, 6.45) is -9.49. The summed E-state index contributed by atoms with van der Waals surface area (Å²) < 4.78 is 77.3. The van der Waals surface area contributed by atoms with Crippen LogP contribution in [0, 0.1) is 5.92 Å². The number of rotatable bonds is 3. The van der Waals surface area contributed by atoms with Gasteiger partial charge in [-0.2, -0.15) is 26.3 Å². The Morgan fingerprint density at radius 2 is 1.62 bits per heavy atom. The Labute approximate surface area is 133 Å². The van der Waals surface area contributed by atoms with Crippen LogP contribution in [0.2, 0.25) is 0 Å². The van der Waals surface area contributed by atoms with E-state index >= 15 is 0 Å². The highest BCUT2D eigenvalue weighted by atomic mass is 19.4. The van der Waals surface area contributed by atoms with E-state index in [9.17, 15) is 31.1 Å². The maximum Gasteiger partial charge on any atom is 0.416 e. The lowest BCUT2D eigenvalue weighted by Crippen LogP contribution is -2.27. The summed E-state index contributed by atoms with van der Waals surface area (Å²) in [7, 11) is 0. The summed E-state index contributed by atoms with van der Waals surface area (Å²) in [5.74, 6) is -1.69. The van der Waals surface area contributed by atoms with Gasteiger partial charge in [0, 0.05) is 12.6 Å². The molecule has 0 spiro atoms. The SMILES string of the molecule is C[C@@H](c1cc(C(F)(F)F)cc(C(F)(F)F)c1)N1CC[C@@H](C(=O)O)C1. The second-order valence-electron chi connectivity index (χ2n) is 5.83. The highest BCUT2D eigenvalue weighted by Gasteiger charge is 2.38. The van der Waals surface area contributed by atoms with Gasteiger partial charge in [-0.3, -0.25) is 9.69 Å². The molecule has 1 heterocycles. The van der Waals surface area contributed by atoms with Crippen LogP contribution in [-0.4, -0.2) is 29.1 Å². The minimum Gasteiger partial charge on any atom is -0.481 e. The molecule has 0 aromatic heterocycles. The van der Waals surface area contributed by atoms with Crippen molar-refractivity contribution in [2.24, 2.45) is 5.92 Å². The molecule has 9 heteroatoms. The molecule has 0 aliphatic carbocycles. The maximum absolute atomic E-state index is 12.9. The largest absolute Gasteiger partial charge is 0.481 e. The van der Waals surface area contributed by atoms with E-state index in [1.165, 1.54) is 6.92 Å². The highest BCUT2D eigenvalue weighted by Crippen LogP contribution is 2.38. The van der Waals surface area contributed by atoms with Crippen LogP contribution in [0.5, 0.6) is 0 Å². The molecular weight excluding hydrogens is 340 g/mol. The Bertz CT molecular complexity index is 593. The van der Waals surface area contributed by atoms with Gasteiger partial charge in [0.1, 0.15) is 0 Å².